The molecular formula is C11H16. The Bertz CT molecular complexity index is 174. The topological polar surface area (TPSA) is 0 Å². The normalized spacial score (nSPS) is 29.9. The van der Waals surface area contributed by atoms with E-state index in [1.54, 1.807) is 0 Å². The molecular weight excluding hydrogens is 132 g/mol. The van der Waals surface area contributed by atoms with Crippen LogP contribution in [0.25, 0.3) is 0 Å². The molecule has 0 radical (unpaired) electrons. The molecule has 1 rings (SSSR count). The van der Waals surface area contributed by atoms with Crippen LogP contribution in [0.3, 0.4) is 0 Å². The van der Waals surface area contributed by atoms with Crippen LogP contribution in [0.1, 0.15) is 19.8 Å². The highest BCUT2D eigenvalue weighted by Gasteiger charge is 2.15. The van der Waals surface area contributed by atoms with Crippen LogP contribution in [0.15, 0.2) is 37.0 Å². The molecule has 0 heterocycles. The first-order valence-corrected chi connectivity index (χ1v) is 4.34. The molecule has 0 aromatic rings. The van der Waals surface area contributed by atoms with Crippen LogP contribution in [0.5, 0.6) is 0 Å². The predicted molar refractivity (Wildman–Crippen MR) is 50.4 cm³/mol. The van der Waals surface area contributed by atoms with Crippen LogP contribution in [0.2, 0.25) is 0 Å². The summed E-state index contributed by atoms with van der Waals surface area (Å²) in [7, 11) is 0. The van der Waals surface area contributed by atoms with Gasteiger partial charge in [-0.3, -0.25) is 0 Å². The Morgan fingerprint density at radius 1 is 1.64 bits per heavy atom. The van der Waals surface area contributed by atoms with Crippen molar-refractivity contribution in [2.75, 3.05) is 0 Å². The average Bonchev–Trinajstić information content (AvgIpc) is 2.47. The Morgan fingerprint density at radius 3 is 3.09 bits per heavy atom. The highest BCUT2D eigenvalue weighted by Crippen LogP contribution is 2.26. The van der Waals surface area contributed by atoms with Crippen LogP contribution in [0.4, 0.5) is 0 Å². The molecule has 0 saturated heterocycles. The lowest BCUT2D eigenvalue weighted by atomic mass is 9.95. The maximum atomic E-state index is 3.83. The van der Waals surface area contributed by atoms with Gasteiger partial charge in [-0.1, -0.05) is 37.3 Å². The first kappa shape index (κ1) is 8.32. The fourth-order valence-electron chi connectivity index (χ4n) is 1.45. The van der Waals surface area contributed by atoms with Crippen molar-refractivity contribution in [3.05, 3.63) is 37.0 Å². The maximum Gasteiger partial charge on any atom is 0.00122 e. The minimum Gasteiger partial charge on any atom is -0.103 e. The van der Waals surface area contributed by atoms with Crippen molar-refractivity contribution < 1.29 is 0 Å². The zero-order valence-electron chi connectivity index (χ0n) is 7.16. The summed E-state index contributed by atoms with van der Waals surface area (Å²) in [6, 6.07) is 0. The minimum absolute atomic E-state index is 0.618. The lowest BCUT2D eigenvalue weighted by Crippen LogP contribution is -2.00. The summed E-state index contributed by atoms with van der Waals surface area (Å²) in [6.07, 6.45) is 13.4. The van der Waals surface area contributed by atoms with Crippen molar-refractivity contribution >= 4 is 0 Å². The van der Waals surface area contributed by atoms with E-state index < -0.39 is 0 Å². The summed E-state index contributed by atoms with van der Waals surface area (Å²) in [6.45, 7) is 5.99. The van der Waals surface area contributed by atoms with E-state index in [4.69, 9.17) is 0 Å². The van der Waals surface area contributed by atoms with Gasteiger partial charge in [0.2, 0.25) is 0 Å². The van der Waals surface area contributed by atoms with E-state index in [2.05, 4.69) is 43.9 Å². The Morgan fingerprint density at radius 2 is 2.45 bits per heavy atom. The van der Waals surface area contributed by atoms with Gasteiger partial charge >= 0.3 is 0 Å². The Labute approximate surface area is 69.3 Å². The minimum atomic E-state index is 0.618. The molecule has 11 heavy (non-hydrogen) atoms. The van der Waals surface area contributed by atoms with E-state index >= 15 is 0 Å². The van der Waals surface area contributed by atoms with Gasteiger partial charge in [0.1, 0.15) is 0 Å². The molecule has 0 saturated carbocycles. The Balaban J connectivity index is 2.49. The van der Waals surface area contributed by atoms with E-state index in [0.717, 1.165) is 6.42 Å². The van der Waals surface area contributed by atoms with E-state index in [0.29, 0.717) is 11.8 Å². The van der Waals surface area contributed by atoms with Gasteiger partial charge in [0.25, 0.3) is 0 Å². The molecule has 0 nitrogen and oxygen atoms in total. The standard InChI is InChI=1S/C11H16/c1-3-5-7-11-9-6-8-10(11)4-2/h4-7,9-11H,2-3,8H2,1H3/b7-5-. The molecule has 2 unspecified atom stereocenters. The molecule has 60 valence electrons. The van der Waals surface area contributed by atoms with Crippen molar-refractivity contribution in [2.45, 2.75) is 19.8 Å². The largest absolute Gasteiger partial charge is 0.103 e. The van der Waals surface area contributed by atoms with Crippen molar-refractivity contribution in [3.8, 4) is 0 Å². The highest BCUT2D eigenvalue weighted by atomic mass is 14.2. The molecule has 1 aliphatic rings. The molecule has 0 N–H and O–H groups in total. The van der Waals surface area contributed by atoms with E-state index in [1.165, 1.54) is 6.42 Å². The van der Waals surface area contributed by atoms with Gasteiger partial charge in [-0.25, -0.2) is 0 Å². The van der Waals surface area contributed by atoms with Crippen LogP contribution in [-0.2, 0) is 0 Å². The number of allylic oxidation sites excluding steroid dienone is 5. The van der Waals surface area contributed by atoms with Gasteiger partial charge < -0.3 is 0 Å². The lowest BCUT2D eigenvalue weighted by Gasteiger charge is -2.09. The Kier molecular flexibility index (Phi) is 3.15. The number of rotatable bonds is 3. The summed E-state index contributed by atoms with van der Waals surface area (Å²) in [5.74, 6) is 1.27. The third-order valence-corrected chi connectivity index (χ3v) is 2.16. The van der Waals surface area contributed by atoms with Crippen LogP contribution in [-0.4, -0.2) is 0 Å². The molecule has 0 heteroatoms. The van der Waals surface area contributed by atoms with Crippen molar-refractivity contribution in [1.29, 1.82) is 0 Å². The van der Waals surface area contributed by atoms with Crippen LogP contribution < -0.4 is 0 Å². The van der Waals surface area contributed by atoms with Crippen molar-refractivity contribution in [3.63, 3.8) is 0 Å². The van der Waals surface area contributed by atoms with E-state index in [1.807, 2.05) is 0 Å². The van der Waals surface area contributed by atoms with Crippen molar-refractivity contribution in [1.82, 2.24) is 0 Å². The predicted octanol–water partition coefficient (Wildman–Crippen LogP) is 3.33. The van der Waals surface area contributed by atoms with Crippen LogP contribution >= 0.6 is 0 Å². The van der Waals surface area contributed by atoms with Gasteiger partial charge in [-0.2, -0.15) is 0 Å². The van der Waals surface area contributed by atoms with Gasteiger partial charge in [0, 0.05) is 5.92 Å². The number of hydrogen-bond donors (Lipinski definition) is 0. The maximum absolute atomic E-state index is 3.83. The summed E-state index contributed by atoms with van der Waals surface area (Å²) < 4.78 is 0. The second kappa shape index (κ2) is 4.17. The summed E-state index contributed by atoms with van der Waals surface area (Å²) in [5, 5.41) is 0. The van der Waals surface area contributed by atoms with E-state index in [9.17, 15) is 0 Å². The Hall–Kier alpha value is -0.780. The van der Waals surface area contributed by atoms with Gasteiger partial charge in [-0.15, -0.1) is 6.58 Å². The zero-order valence-corrected chi connectivity index (χ0v) is 7.16. The van der Waals surface area contributed by atoms with Gasteiger partial charge in [-0.05, 0) is 18.8 Å². The molecule has 0 aliphatic heterocycles. The molecule has 1 aliphatic carbocycles. The molecule has 0 bridgehead atoms. The fraction of sp³-hybridized carbons (Fsp3) is 0.455. The monoisotopic (exact) mass is 148 g/mol. The summed E-state index contributed by atoms with van der Waals surface area (Å²) in [5.41, 5.74) is 0. The molecule has 2 atom stereocenters. The van der Waals surface area contributed by atoms with Gasteiger partial charge in [0.05, 0.1) is 0 Å². The zero-order chi connectivity index (χ0) is 8.10. The van der Waals surface area contributed by atoms with Crippen LogP contribution in [0, 0.1) is 11.8 Å². The fourth-order valence-corrected chi connectivity index (χ4v) is 1.45. The quantitative estimate of drug-likeness (QED) is 0.538. The lowest BCUT2D eigenvalue weighted by molar-refractivity contribution is 0.603. The molecule has 0 fully saturated rings. The third kappa shape index (κ3) is 2.07. The average molecular weight is 148 g/mol. The summed E-state index contributed by atoms with van der Waals surface area (Å²) >= 11 is 0. The van der Waals surface area contributed by atoms with Crippen molar-refractivity contribution in [2.24, 2.45) is 11.8 Å². The SMILES string of the molecule is C=CC1CC=CC1/C=C\CC. The van der Waals surface area contributed by atoms with Gasteiger partial charge in [0.15, 0.2) is 0 Å². The highest BCUT2D eigenvalue weighted by molar-refractivity contribution is 5.13. The smallest absolute Gasteiger partial charge is 0.00122 e. The third-order valence-electron chi connectivity index (χ3n) is 2.16. The summed E-state index contributed by atoms with van der Waals surface area (Å²) in [4.78, 5) is 0. The molecule has 0 aromatic carbocycles. The molecule has 0 amide bonds. The number of hydrogen-bond acceptors (Lipinski definition) is 0. The van der Waals surface area contributed by atoms with E-state index in [-0.39, 0.29) is 0 Å². The first-order chi connectivity index (χ1) is 5.38. The molecule has 0 spiro atoms. The second-order valence-corrected chi connectivity index (χ2v) is 2.98. The first-order valence-electron chi connectivity index (χ1n) is 4.34. The second-order valence-electron chi connectivity index (χ2n) is 2.98. The molecule has 0 aromatic heterocycles.